The number of carbonyl (C=O) groups is 1. The van der Waals surface area contributed by atoms with E-state index in [-0.39, 0.29) is 18.5 Å². The average molecular weight is 287 g/mol. The van der Waals surface area contributed by atoms with Gasteiger partial charge in [-0.25, -0.2) is 14.8 Å². The fraction of sp³-hybridized carbons (Fsp3) is 0.429. The third kappa shape index (κ3) is 2.72. The third-order valence-electron chi connectivity index (χ3n) is 3.70. The van der Waals surface area contributed by atoms with Crippen molar-refractivity contribution in [3.8, 4) is 0 Å². The Bertz CT molecular complexity index is 705. The predicted molar refractivity (Wildman–Crippen MR) is 75.5 cm³/mol. The maximum absolute atomic E-state index is 12.5. The molecule has 0 bridgehead atoms. The van der Waals surface area contributed by atoms with Crippen molar-refractivity contribution < 1.29 is 4.79 Å². The maximum atomic E-state index is 12.5. The summed E-state index contributed by atoms with van der Waals surface area (Å²) < 4.78 is 1.32. The van der Waals surface area contributed by atoms with Gasteiger partial charge in [-0.15, -0.1) is 0 Å². The highest BCUT2D eigenvalue weighted by Crippen LogP contribution is 2.30. The van der Waals surface area contributed by atoms with Crippen LogP contribution in [0.5, 0.6) is 0 Å². The Balaban J connectivity index is 1.77. The summed E-state index contributed by atoms with van der Waals surface area (Å²) in [6.45, 7) is 2.65. The quantitative estimate of drug-likeness (QED) is 0.898. The van der Waals surface area contributed by atoms with Crippen LogP contribution in [-0.2, 0) is 11.3 Å². The van der Waals surface area contributed by atoms with Crippen molar-refractivity contribution in [3.05, 3.63) is 46.7 Å². The normalized spacial score (nSPS) is 18.1. The van der Waals surface area contributed by atoms with Crippen molar-refractivity contribution in [1.29, 1.82) is 0 Å². The van der Waals surface area contributed by atoms with Crippen LogP contribution in [0.2, 0.25) is 0 Å². The van der Waals surface area contributed by atoms with Crippen molar-refractivity contribution in [2.45, 2.75) is 32.4 Å². The first-order valence-corrected chi connectivity index (χ1v) is 6.97. The topological polar surface area (TPSA) is 83.9 Å². The highest BCUT2D eigenvalue weighted by atomic mass is 16.2. The molecule has 2 aromatic rings. The molecule has 1 amide bonds. The van der Waals surface area contributed by atoms with Crippen molar-refractivity contribution in [3.63, 3.8) is 0 Å². The van der Waals surface area contributed by atoms with Crippen LogP contribution in [0.1, 0.15) is 30.4 Å². The average Bonchev–Trinajstić information content (AvgIpc) is 3.09. The van der Waals surface area contributed by atoms with Gasteiger partial charge < -0.3 is 9.88 Å². The summed E-state index contributed by atoms with van der Waals surface area (Å²) in [6.07, 6.45) is 6.60. The Kier molecular flexibility index (Phi) is 3.55. The second kappa shape index (κ2) is 5.51. The van der Waals surface area contributed by atoms with Crippen molar-refractivity contribution >= 4 is 5.91 Å². The van der Waals surface area contributed by atoms with E-state index in [4.69, 9.17) is 0 Å². The molecule has 3 rings (SSSR count). The zero-order valence-electron chi connectivity index (χ0n) is 11.8. The predicted octanol–water partition coefficient (Wildman–Crippen LogP) is 0.639. The van der Waals surface area contributed by atoms with E-state index >= 15 is 0 Å². The standard InChI is InChI=1S/C14H17N5O2/c1-10-8-16-13(17-10)11-4-2-7-19(11)12(20)9-18-6-3-5-15-14(18)21/h3,5-6,8,11H,2,4,7,9H2,1H3,(H,16,17). The van der Waals surface area contributed by atoms with Crippen LogP contribution in [0.3, 0.4) is 0 Å². The first-order valence-electron chi connectivity index (χ1n) is 6.97. The molecule has 1 atom stereocenters. The number of rotatable bonds is 3. The van der Waals surface area contributed by atoms with Crippen molar-refractivity contribution in [2.75, 3.05) is 6.54 Å². The fourth-order valence-electron chi connectivity index (χ4n) is 2.70. The second-order valence-electron chi connectivity index (χ2n) is 5.23. The summed E-state index contributed by atoms with van der Waals surface area (Å²) in [5.74, 6) is 0.735. The maximum Gasteiger partial charge on any atom is 0.347 e. The molecule has 7 heteroatoms. The second-order valence-corrected chi connectivity index (χ2v) is 5.23. The molecule has 0 saturated carbocycles. The van der Waals surface area contributed by atoms with Crippen LogP contribution < -0.4 is 5.69 Å². The summed E-state index contributed by atoms with van der Waals surface area (Å²) in [5.41, 5.74) is 0.572. The van der Waals surface area contributed by atoms with Gasteiger partial charge >= 0.3 is 5.69 Å². The Morgan fingerprint density at radius 1 is 1.48 bits per heavy atom. The largest absolute Gasteiger partial charge is 0.347 e. The number of hydrogen-bond donors (Lipinski definition) is 1. The minimum Gasteiger partial charge on any atom is -0.344 e. The van der Waals surface area contributed by atoms with E-state index in [0.717, 1.165) is 24.4 Å². The summed E-state index contributed by atoms with van der Waals surface area (Å²) in [7, 11) is 0. The van der Waals surface area contributed by atoms with Crippen LogP contribution in [0.4, 0.5) is 0 Å². The first kappa shape index (κ1) is 13.5. The van der Waals surface area contributed by atoms with E-state index in [9.17, 15) is 9.59 Å². The van der Waals surface area contributed by atoms with Gasteiger partial charge in [-0.1, -0.05) is 0 Å². The molecule has 2 aromatic heterocycles. The number of nitrogens with zero attached hydrogens (tertiary/aromatic N) is 4. The number of imidazole rings is 1. The van der Waals surface area contributed by atoms with Crippen LogP contribution in [-0.4, -0.2) is 36.9 Å². The molecule has 1 aliphatic rings. The number of aromatic amines is 1. The number of H-pyrrole nitrogens is 1. The summed E-state index contributed by atoms with van der Waals surface area (Å²) in [4.78, 5) is 37.0. The van der Waals surface area contributed by atoms with Gasteiger partial charge in [-0.3, -0.25) is 9.36 Å². The molecule has 0 spiro atoms. The van der Waals surface area contributed by atoms with Crippen molar-refractivity contribution in [2.24, 2.45) is 0 Å². The number of amides is 1. The van der Waals surface area contributed by atoms with Crippen molar-refractivity contribution in [1.82, 2.24) is 24.4 Å². The lowest BCUT2D eigenvalue weighted by Crippen LogP contribution is -2.36. The molecule has 0 aliphatic carbocycles. The molecule has 7 nitrogen and oxygen atoms in total. The molecule has 3 heterocycles. The Morgan fingerprint density at radius 3 is 3.05 bits per heavy atom. The molecule has 1 aliphatic heterocycles. The molecule has 0 radical (unpaired) electrons. The van der Waals surface area contributed by atoms with E-state index in [1.165, 1.54) is 10.8 Å². The summed E-state index contributed by atoms with van der Waals surface area (Å²) in [5, 5.41) is 0. The lowest BCUT2D eigenvalue weighted by Gasteiger charge is -2.23. The molecule has 21 heavy (non-hydrogen) atoms. The third-order valence-corrected chi connectivity index (χ3v) is 3.70. The minimum absolute atomic E-state index is 0.0167. The van der Waals surface area contributed by atoms with E-state index in [1.807, 2.05) is 6.92 Å². The summed E-state index contributed by atoms with van der Waals surface area (Å²) >= 11 is 0. The van der Waals surface area contributed by atoms with Gasteiger partial charge in [0.05, 0.1) is 6.04 Å². The van der Waals surface area contributed by atoms with Crippen LogP contribution >= 0.6 is 0 Å². The lowest BCUT2D eigenvalue weighted by atomic mass is 10.2. The molecule has 1 unspecified atom stereocenters. The molecule has 1 saturated heterocycles. The number of likely N-dealkylation sites (tertiary alicyclic amines) is 1. The molecular formula is C14H17N5O2. The van der Waals surface area contributed by atoms with Gasteiger partial charge in [0.25, 0.3) is 0 Å². The molecule has 0 aromatic carbocycles. The van der Waals surface area contributed by atoms with Gasteiger partial charge in [-0.05, 0) is 25.8 Å². The SMILES string of the molecule is Cc1cnc(C2CCCN2C(=O)Cn2cccnc2=O)[nH]1. The zero-order chi connectivity index (χ0) is 14.8. The number of aromatic nitrogens is 4. The Labute approximate surface area is 121 Å². The molecular weight excluding hydrogens is 270 g/mol. The van der Waals surface area contributed by atoms with Gasteiger partial charge in [0.2, 0.25) is 5.91 Å². The fourth-order valence-corrected chi connectivity index (χ4v) is 2.70. The van der Waals surface area contributed by atoms with Gasteiger partial charge in [0.1, 0.15) is 12.4 Å². The first-order chi connectivity index (χ1) is 10.1. The number of carbonyl (C=O) groups excluding carboxylic acids is 1. The minimum atomic E-state index is -0.407. The monoisotopic (exact) mass is 287 g/mol. The number of aryl methyl sites for hydroxylation is 1. The van der Waals surface area contributed by atoms with E-state index in [2.05, 4.69) is 15.0 Å². The van der Waals surface area contributed by atoms with Gasteiger partial charge in [-0.2, -0.15) is 0 Å². The Morgan fingerprint density at radius 2 is 2.33 bits per heavy atom. The molecule has 110 valence electrons. The highest BCUT2D eigenvalue weighted by Gasteiger charge is 2.31. The smallest absolute Gasteiger partial charge is 0.344 e. The van der Waals surface area contributed by atoms with E-state index in [0.29, 0.717) is 6.54 Å². The lowest BCUT2D eigenvalue weighted by molar-refractivity contribution is -0.133. The summed E-state index contributed by atoms with van der Waals surface area (Å²) in [6, 6.07) is 1.62. The molecule has 1 N–H and O–H groups in total. The number of hydrogen-bond acceptors (Lipinski definition) is 4. The van der Waals surface area contributed by atoms with Gasteiger partial charge in [0, 0.05) is 30.8 Å². The number of nitrogens with one attached hydrogen (secondary N) is 1. The molecule has 1 fully saturated rings. The van der Waals surface area contributed by atoms with E-state index in [1.54, 1.807) is 23.4 Å². The highest BCUT2D eigenvalue weighted by molar-refractivity contribution is 5.76. The van der Waals surface area contributed by atoms with Crippen LogP contribution in [0, 0.1) is 6.92 Å². The zero-order valence-corrected chi connectivity index (χ0v) is 11.8. The van der Waals surface area contributed by atoms with Crippen LogP contribution in [0.15, 0.2) is 29.5 Å². The van der Waals surface area contributed by atoms with Crippen LogP contribution in [0.25, 0.3) is 0 Å². The van der Waals surface area contributed by atoms with E-state index < -0.39 is 5.69 Å². The Hall–Kier alpha value is -2.44. The van der Waals surface area contributed by atoms with Gasteiger partial charge in [0.15, 0.2) is 0 Å².